The highest BCUT2D eigenvalue weighted by Crippen LogP contribution is 2.22. The fourth-order valence-corrected chi connectivity index (χ4v) is 2.35. The van der Waals surface area contributed by atoms with Gasteiger partial charge in [-0.1, -0.05) is 34.1 Å². The summed E-state index contributed by atoms with van der Waals surface area (Å²) < 4.78 is 6.59. The standard InChI is InChI=1S/C18H14BrN3O2/c19-14-6-4-13(5-7-14)10-17(23)22-15-2-1-3-16(11-15)24-18-12-20-8-9-21-18/h1-9,11-12H,10H2,(H,22,23). The number of ether oxygens (including phenoxy) is 1. The molecular formula is C18H14BrN3O2. The zero-order valence-corrected chi connectivity index (χ0v) is 14.2. The van der Waals surface area contributed by atoms with Crippen molar-refractivity contribution in [2.45, 2.75) is 6.42 Å². The Balaban J connectivity index is 1.63. The number of anilines is 1. The van der Waals surface area contributed by atoms with E-state index in [2.05, 4.69) is 31.2 Å². The molecule has 0 bridgehead atoms. The van der Waals surface area contributed by atoms with Gasteiger partial charge in [-0.15, -0.1) is 0 Å². The predicted molar refractivity (Wildman–Crippen MR) is 95.0 cm³/mol. The summed E-state index contributed by atoms with van der Waals surface area (Å²) in [5, 5.41) is 2.86. The number of carbonyl (C=O) groups excluding carboxylic acids is 1. The van der Waals surface area contributed by atoms with Crippen molar-refractivity contribution in [3.8, 4) is 11.6 Å². The number of benzene rings is 2. The Labute approximate surface area is 147 Å². The molecule has 5 nitrogen and oxygen atoms in total. The highest BCUT2D eigenvalue weighted by atomic mass is 79.9. The molecule has 24 heavy (non-hydrogen) atoms. The van der Waals surface area contributed by atoms with Gasteiger partial charge in [-0.2, -0.15) is 0 Å². The summed E-state index contributed by atoms with van der Waals surface area (Å²) >= 11 is 3.38. The van der Waals surface area contributed by atoms with Crippen LogP contribution < -0.4 is 10.1 Å². The Morgan fingerprint density at radius 2 is 1.96 bits per heavy atom. The fourth-order valence-electron chi connectivity index (χ4n) is 2.09. The first-order valence-corrected chi connectivity index (χ1v) is 8.06. The predicted octanol–water partition coefficient (Wildman–Crippen LogP) is 4.21. The molecule has 0 aliphatic heterocycles. The van der Waals surface area contributed by atoms with Gasteiger partial charge in [0.2, 0.25) is 11.8 Å². The van der Waals surface area contributed by atoms with Crippen molar-refractivity contribution in [1.29, 1.82) is 0 Å². The third-order valence-electron chi connectivity index (χ3n) is 3.16. The Morgan fingerprint density at radius 1 is 1.12 bits per heavy atom. The van der Waals surface area contributed by atoms with Gasteiger partial charge < -0.3 is 10.1 Å². The molecule has 0 saturated heterocycles. The molecule has 0 aliphatic carbocycles. The smallest absolute Gasteiger partial charge is 0.237 e. The minimum atomic E-state index is -0.0889. The number of aromatic nitrogens is 2. The van der Waals surface area contributed by atoms with Crippen LogP contribution in [0.15, 0.2) is 71.6 Å². The van der Waals surface area contributed by atoms with Crippen LogP contribution >= 0.6 is 15.9 Å². The van der Waals surface area contributed by atoms with E-state index < -0.39 is 0 Å². The summed E-state index contributed by atoms with van der Waals surface area (Å²) in [6.07, 6.45) is 4.96. The van der Waals surface area contributed by atoms with Gasteiger partial charge in [0.25, 0.3) is 0 Å². The fraction of sp³-hybridized carbons (Fsp3) is 0.0556. The summed E-state index contributed by atoms with van der Waals surface area (Å²) in [5.74, 6) is 0.891. The molecule has 2 aromatic carbocycles. The first-order valence-electron chi connectivity index (χ1n) is 7.27. The number of hydrogen-bond donors (Lipinski definition) is 1. The number of amides is 1. The van der Waals surface area contributed by atoms with Crippen molar-refractivity contribution >= 4 is 27.5 Å². The molecule has 3 aromatic rings. The van der Waals surface area contributed by atoms with Gasteiger partial charge in [-0.3, -0.25) is 9.78 Å². The summed E-state index contributed by atoms with van der Waals surface area (Å²) in [7, 11) is 0. The van der Waals surface area contributed by atoms with Crippen molar-refractivity contribution in [2.24, 2.45) is 0 Å². The molecule has 1 N–H and O–H groups in total. The number of nitrogens with zero attached hydrogens (tertiary/aromatic N) is 2. The molecule has 0 aliphatic rings. The maximum absolute atomic E-state index is 12.2. The van der Waals surface area contributed by atoms with E-state index in [4.69, 9.17) is 4.74 Å². The Morgan fingerprint density at radius 3 is 2.71 bits per heavy atom. The maximum atomic E-state index is 12.2. The van der Waals surface area contributed by atoms with Crippen molar-refractivity contribution in [3.05, 3.63) is 77.2 Å². The van der Waals surface area contributed by atoms with Crippen LogP contribution in [-0.4, -0.2) is 15.9 Å². The highest BCUT2D eigenvalue weighted by Gasteiger charge is 2.06. The third kappa shape index (κ3) is 4.63. The van der Waals surface area contributed by atoms with Crippen molar-refractivity contribution < 1.29 is 9.53 Å². The SMILES string of the molecule is O=C(Cc1ccc(Br)cc1)Nc1cccc(Oc2cnccn2)c1. The summed E-state index contributed by atoms with van der Waals surface area (Å²) in [5.41, 5.74) is 1.61. The number of carbonyl (C=O) groups is 1. The van der Waals surface area contributed by atoms with Gasteiger partial charge in [0.05, 0.1) is 12.6 Å². The van der Waals surface area contributed by atoms with Crippen molar-refractivity contribution in [3.63, 3.8) is 0 Å². The Kier molecular flexibility index (Phi) is 5.18. The molecule has 0 radical (unpaired) electrons. The van der Waals surface area contributed by atoms with Crippen LogP contribution in [0.2, 0.25) is 0 Å². The van der Waals surface area contributed by atoms with Crippen LogP contribution in [0.1, 0.15) is 5.56 Å². The minimum Gasteiger partial charge on any atom is -0.437 e. The molecule has 0 atom stereocenters. The van der Waals surface area contributed by atoms with E-state index in [1.165, 1.54) is 6.20 Å². The largest absolute Gasteiger partial charge is 0.437 e. The molecule has 1 heterocycles. The number of rotatable bonds is 5. The summed E-state index contributed by atoms with van der Waals surface area (Å²) in [6.45, 7) is 0. The van der Waals surface area contributed by atoms with Crippen LogP contribution in [0, 0.1) is 0 Å². The number of nitrogens with one attached hydrogen (secondary N) is 1. The van der Waals surface area contributed by atoms with Gasteiger partial charge in [0, 0.05) is 28.6 Å². The molecule has 3 rings (SSSR count). The lowest BCUT2D eigenvalue weighted by atomic mass is 10.1. The van der Waals surface area contributed by atoms with Crippen molar-refractivity contribution in [1.82, 2.24) is 9.97 Å². The zero-order chi connectivity index (χ0) is 16.8. The molecular weight excluding hydrogens is 370 g/mol. The van der Waals surface area contributed by atoms with Gasteiger partial charge in [-0.25, -0.2) is 4.98 Å². The van der Waals surface area contributed by atoms with Gasteiger partial charge in [-0.05, 0) is 29.8 Å². The number of hydrogen-bond acceptors (Lipinski definition) is 4. The maximum Gasteiger partial charge on any atom is 0.237 e. The van der Waals surface area contributed by atoms with E-state index in [1.54, 1.807) is 30.6 Å². The lowest BCUT2D eigenvalue weighted by molar-refractivity contribution is -0.115. The molecule has 0 unspecified atom stereocenters. The van der Waals surface area contributed by atoms with Gasteiger partial charge >= 0.3 is 0 Å². The Bertz CT molecular complexity index is 823. The molecule has 0 fully saturated rings. The van der Waals surface area contributed by atoms with Gasteiger partial charge in [0.15, 0.2) is 0 Å². The van der Waals surface area contributed by atoms with Gasteiger partial charge in [0.1, 0.15) is 5.75 Å². The van der Waals surface area contributed by atoms with Crippen molar-refractivity contribution in [2.75, 3.05) is 5.32 Å². The third-order valence-corrected chi connectivity index (χ3v) is 3.69. The monoisotopic (exact) mass is 383 g/mol. The summed E-state index contributed by atoms with van der Waals surface area (Å²) in [6, 6.07) is 14.8. The second-order valence-electron chi connectivity index (χ2n) is 5.02. The quantitative estimate of drug-likeness (QED) is 0.716. The van der Waals surface area contributed by atoms with E-state index >= 15 is 0 Å². The molecule has 0 saturated carbocycles. The lowest BCUT2D eigenvalue weighted by Gasteiger charge is -2.08. The Hall–Kier alpha value is -2.73. The van der Waals surface area contributed by atoms with E-state index in [1.807, 2.05) is 30.3 Å². The molecule has 0 spiro atoms. The van der Waals surface area contributed by atoms with Crippen LogP contribution in [0.4, 0.5) is 5.69 Å². The summed E-state index contributed by atoms with van der Waals surface area (Å²) in [4.78, 5) is 20.1. The molecule has 1 amide bonds. The number of halogens is 1. The molecule has 6 heteroatoms. The highest BCUT2D eigenvalue weighted by molar-refractivity contribution is 9.10. The molecule has 120 valence electrons. The van der Waals surface area contributed by atoms with E-state index in [0.717, 1.165) is 10.0 Å². The van der Waals surface area contributed by atoms with E-state index in [9.17, 15) is 4.79 Å². The van der Waals surface area contributed by atoms with Crippen LogP contribution in [0.25, 0.3) is 0 Å². The first-order chi connectivity index (χ1) is 11.7. The second-order valence-corrected chi connectivity index (χ2v) is 5.94. The van der Waals surface area contributed by atoms with Crippen LogP contribution in [0.3, 0.4) is 0 Å². The topological polar surface area (TPSA) is 64.1 Å². The minimum absolute atomic E-state index is 0.0889. The molecule has 1 aromatic heterocycles. The zero-order valence-electron chi connectivity index (χ0n) is 12.6. The van der Waals surface area contributed by atoms with E-state index in [-0.39, 0.29) is 5.91 Å². The second kappa shape index (κ2) is 7.70. The lowest BCUT2D eigenvalue weighted by Crippen LogP contribution is -2.14. The van der Waals surface area contributed by atoms with Crippen LogP contribution in [0.5, 0.6) is 11.6 Å². The van der Waals surface area contributed by atoms with E-state index in [0.29, 0.717) is 23.7 Å². The van der Waals surface area contributed by atoms with Crippen LogP contribution in [-0.2, 0) is 11.2 Å². The normalized spacial score (nSPS) is 10.2. The first kappa shape index (κ1) is 16.1. The average Bonchev–Trinajstić information content (AvgIpc) is 2.58. The average molecular weight is 384 g/mol.